The second-order valence-corrected chi connectivity index (χ2v) is 6.83. The molecule has 0 radical (unpaired) electrons. The fourth-order valence-electron chi connectivity index (χ4n) is 2.55. The Balaban J connectivity index is 1.33. The molecule has 0 aliphatic carbocycles. The quantitative estimate of drug-likeness (QED) is 0.271. The van der Waals surface area contributed by atoms with Crippen LogP contribution in [0.2, 0.25) is 0 Å². The molecule has 0 aliphatic heterocycles. The molecule has 3 N–H and O–H groups in total. The Morgan fingerprint density at radius 1 is 1.11 bits per heavy atom. The van der Waals surface area contributed by atoms with Gasteiger partial charge in [-0.05, 0) is 42.0 Å². The molecule has 2 heterocycles. The van der Waals surface area contributed by atoms with Gasteiger partial charge in [0.2, 0.25) is 0 Å². The van der Waals surface area contributed by atoms with Crippen LogP contribution in [0.4, 0.5) is 0 Å². The first kappa shape index (κ1) is 17.1. The van der Waals surface area contributed by atoms with Gasteiger partial charge in [0.05, 0.1) is 22.9 Å². The predicted molar refractivity (Wildman–Crippen MR) is 108 cm³/mol. The van der Waals surface area contributed by atoms with Gasteiger partial charge < -0.3 is 9.97 Å². The molecule has 4 aromatic rings. The van der Waals surface area contributed by atoms with Gasteiger partial charge in [0, 0.05) is 17.5 Å². The number of carbonyl (C=O) groups is 1. The van der Waals surface area contributed by atoms with Gasteiger partial charge in [-0.2, -0.15) is 5.10 Å². The number of amides is 1. The summed E-state index contributed by atoms with van der Waals surface area (Å²) in [5.41, 5.74) is 7.03. The molecule has 0 bridgehead atoms. The van der Waals surface area contributed by atoms with Gasteiger partial charge in [0.25, 0.3) is 5.91 Å². The zero-order valence-corrected chi connectivity index (χ0v) is 15.2. The number of aromatic nitrogens is 3. The number of fused-ring (bicyclic) bond motifs is 1. The third kappa shape index (κ3) is 4.27. The molecule has 0 aliphatic rings. The van der Waals surface area contributed by atoms with Crippen LogP contribution in [0, 0.1) is 0 Å². The molecule has 6 nitrogen and oxygen atoms in total. The molecule has 0 spiro atoms. The van der Waals surface area contributed by atoms with E-state index >= 15 is 0 Å². The van der Waals surface area contributed by atoms with E-state index in [-0.39, 0.29) is 5.91 Å². The van der Waals surface area contributed by atoms with Gasteiger partial charge in [-0.25, -0.2) is 10.4 Å². The first-order chi connectivity index (χ1) is 13.3. The molecule has 0 saturated heterocycles. The molecule has 2 aromatic heterocycles. The molecular weight excluding hydrogens is 358 g/mol. The number of hydrogen-bond acceptors (Lipinski definition) is 4. The third-order valence-electron chi connectivity index (χ3n) is 3.95. The fourth-order valence-corrected chi connectivity index (χ4v) is 3.39. The molecule has 27 heavy (non-hydrogen) atoms. The highest BCUT2D eigenvalue weighted by atomic mass is 32.2. The van der Waals surface area contributed by atoms with Crippen molar-refractivity contribution < 1.29 is 4.79 Å². The average Bonchev–Trinajstić information content (AvgIpc) is 3.36. The number of imidazole rings is 1. The predicted octanol–water partition coefficient (Wildman–Crippen LogP) is 3.95. The summed E-state index contributed by atoms with van der Waals surface area (Å²) in [4.78, 5) is 22.9. The van der Waals surface area contributed by atoms with Gasteiger partial charge in [0.1, 0.15) is 0 Å². The van der Waals surface area contributed by atoms with E-state index in [9.17, 15) is 4.79 Å². The number of carbonyl (C=O) groups excluding carboxylic acids is 1. The van der Waals surface area contributed by atoms with Crippen LogP contribution in [0.3, 0.4) is 0 Å². The van der Waals surface area contributed by atoms with Crippen molar-refractivity contribution in [1.82, 2.24) is 20.4 Å². The molecule has 0 unspecified atom stereocenters. The van der Waals surface area contributed by atoms with Crippen LogP contribution in [-0.4, -0.2) is 27.1 Å². The van der Waals surface area contributed by atoms with E-state index in [1.165, 1.54) is 0 Å². The number of hydrazone groups is 1. The number of rotatable bonds is 6. The topological polar surface area (TPSA) is 85.9 Å². The van der Waals surface area contributed by atoms with Crippen LogP contribution >= 0.6 is 11.8 Å². The highest BCUT2D eigenvalue weighted by molar-refractivity contribution is 7.98. The monoisotopic (exact) mass is 375 g/mol. The summed E-state index contributed by atoms with van der Waals surface area (Å²) >= 11 is 1.63. The van der Waals surface area contributed by atoms with E-state index in [4.69, 9.17) is 0 Å². The number of H-pyrrole nitrogens is 2. The molecule has 7 heteroatoms. The van der Waals surface area contributed by atoms with Gasteiger partial charge in [-0.1, -0.05) is 36.0 Å². The lowest BCUT2D eigenvalue weighted by Gasteiger charge is -2.02. The van der Waals surface area contributed by atoms with Crippen molar-refractivity contribution in [1.29, 1.82) is 0 Å². The number of thioether (sulfide) groups is 1. The molecule has 1 amide bonds. The van der Waals surface area contributed by atoms with Crippen molar-refractivity contribution >= 4 is 34.9 Å². The molecule has 2 aromatic carbocycles. The summed E-state index contributed by atoms with van der Waals surface area (Å²) in [6, 6.07) is 19.2. The molecular formula is C20H17N5OS. The first-order valence-corrected chi connectivity index (χ1v) is 9.40. The van der Waals surface area contributed by atoms with Crippen LogP contribution in [0.5, 0.6) is 0 Å². The van der Waals surface area contributed by atoms with Crippen LogP contribution in [-0.2, 0) is 5.75 Å². The smallest absolute Gasteiger partial charge is 0.271 e. The number of aromatic amines is 2. The normalized spacial score (nSPS) is 11.3. The summed E-state index contributed by atoms with van der Waals surface area (Å²) in [5, 5.41) is 4.82. The molecule has 0 atom stereocenters. The van der Waals surface area contributed by atoms with Gasteiger partial charge in [0.15, 0.2) is 5.16 Å². The second-order valence-electron chi connectivity index (χ2n) is 5.87. The van der Waals surface area contributed by atoms with Crippen LogP contribution in [0.25, 0.3) is 11.0 Å². The number of benzene rings is 2. The van der Waals surface area contributed by atoms with Crippen molar-refractivity contribution in [3.8, 4) is 0 Å². The SMILES string of the molecule is O=C(N/N=C/c1ccc[nH]1)c1ccc(CSc2nc3ccccc3[nH]2)cc1. The van der Waals surface area contributed by atoms with Crippen LogP contribution in [0.15, 0.2) is 77.1 Å². The Morgan fingerprint density at radius 2 is 1.96 bits per heavy atom. The molecule has 134 valence electrons. The lowest BCUT2D eigenvalue weighted by molar-refractivity contribution is 0.0955. The minimum atomic E-state index is -0.241. The highest BCUT2D eigenvalue weighted by Crippen LogP contribution is 2.23. The first-order valence-electron chi connectivity index (χ1n) is 8.41. The summed E-state index contributed by atoms with van der Waals surface area (Å²) in [6.45, 7) is 0. The average molecular weight is 375 g/mol. The van der Waals surface area contributed by atoms with E-state index in [1.54, 1.807) is 36.3 Å². The molecule has 0 fully saturated rings. The minimum absolute atomic E-state index is 0.241. The van der Waals surface area contributed by atoms with Crippen molar-refractivity contribution in [2.75, 3.05) is 0 Å². The van der Waals surface area contributed by atoms with E-state index in [1.807, 2.05) is 48.5 Å². The summed E-state index contributed by atoms with van der Waals surface area (Å²) in [7, 11) is 0. The minimum Gasteiger partial charge on any atom is -0.360 e. The maximum Gasteiger partial charge on any atom is 0.271 e. The Morgan fingerprint density at radius 3 is 2.74 bits per heavy atom. The lowest BCUT2D eigenvalue weighted by atomic mass is 10.1. The highest BCUT2D eigenvalue weighted by Gasteiger charge is 2.06. The van der Waals surface area contributed by atoms with E-state index < -0.39 is 0 Å². The van der Waals surface area contributed by atoms with Crippen LogP contribution < -0.4 is 5.43 Å². The Labute approximate surface area is 160 Å². The maximum absolute atomic E-state index is 12.1. The van der Waals surface area contributed by atoms with Gasteiger partial charge in [-0.3, -0.25) is 4.79 Å². The summed E-state index contributed by atoms with van der Waals surface area (Å²) < 4.78 is 0. The third-order valence-corrected chi connectivity index (χ3v) is 4.90. The maximum atomic E-state index is 12.1. The largest absolute Gasteiger partial charge is 0.360 e. The molecule has 4 rings (SSSR count). The van der Waals surface area contributed by atoms with E-state index in [0.717, 1.165) is 33.2 Å². The number of nitrogens with zero attached hydrogens (tertiary/aromatic N) is 2. The standard InChI is InChI=1S/C20H17N5OS/c26-19(25-22-12-16-4-3-11-21-16)15-9-7-14(8-10-15)13-27-20-23-17-5-1-2-6-18(17)24-20/h1-12,21H,13H2,(H,23,24)(H,25,26)/b22-12+. The van der Waals surface area contributed by atoms with Crippen molar-refractivity contribution in [3.63, 3.8) is 0 Å². The lowest BCUT2D eigenvalue weighted by Crippen LogP contribution is -2.17. The van der Waals surface area contributed by atoms with Gasteiger partial charge >= 0.3 is 0 Å². The zero-order chi connectivity index (χ0) is 18.5. The summed E-state index contributed by atoms with van der Waals surface area (Å²) in [5.74, 6) is 0.529. The Hall–Kier alpha value is -3.32. The fraction of sp³-hybridized carbons (Fsp3) is 0.0500. The number of para-hydroxylation sites is 2. The van der Waals surface area contributed by atoms with Crippen molar-refractivity contribution in [2.24, 2.45) is 5.10 Å². The van der Waals surface area contributed by atoms with E-state index in [2.05, 4.69) is 25.5 Å². The summed E-state index contributed by atoms with van der Waals surface area (Å²) in [6.07, 6.45) is 3.36. The number of nitrogens with one attached hydrogen (secondary N) is 3. The number of hydrogen-bond donors (Lipinski definition) is 3. The van der Waals surface area contributed by atoms with E-state index in [0.29, 0.717) is 5.56 Å². The van der Waals surface area contributed by atoms with Crippen LogP contribution in [0.1, 0.15) is 21.6 Å². The van der Waals surface area contributed by atoms with Crippen molar-refractivity contribution in [2.45, 2.75) is 10.9 Å². The second kappa shape index (κ2) is 7.92. The molecule has 0 saturated carbocycles. The van der Waals surface area contributed by atoms with Gasteiger partial charge in [-0.15, -0.1) is 0 Å². The Bertz CT molecular complexity index is 1030. The zero-order valence-electron chi connectivity index (χ0n) is 14.3. The van der Waals surface area contributed by atoms with Crippen molar-refractivity contribution in [3.05, 3.63) is 83.7 Å². The Kier molecular flexibility index (Phi) is 5.02.